The SMILES string of the molecule is Cl.Clc1cccc(-c2cccc(C3CCNCC3OCc3ccc4ccccc4c3)c2)c1. The zero-order valence-corrected chi connectivity index (χ0v) is 19.4. The number of benzene rings is 4. The molecule has 4 heteroatoms. The Morgan fingerprint density at radius 3 is 2.44 bits per heavy atom. The van der Waals surface area contributed by atoms with E-state index in [4.69, 9.17) is 16.3 Å². The van der Waals surface area contributed by atoms with E-state index in [1.807, 2.05) is 18.2 Å². The molecule has 1 aliphatic heterocycles. The molecule has 1 N–H and O–H groups in total. The van der Waals surface area contributed by atoms with Crippen LogP contribution in [0.2, 0.25) is 5.02 Å². The maximum absolute atomic E-state index is 6.47. The van der Waals surface area contributed by atoms with E-state index in [0.29, 0.717) is 12.5 Å². The molecule has 32 heavy (non-hydrogen) atoms. The molecule has 0 aliphatic carbocycles. The van der Waals surface area contributed by atoms with Gasteiger partial charge in [0, 0.05) is 17.5 Å². The van der Waals surface area contributed by atoms with Gasteiger partial charge in [-0.05, 0) is 64.2 Å². The summed E-state index contributed by atoms with van der Waals surface area (Å²) in [6, 6.07) is 31.9. The molecule has 5 rings (SSSR count). The minimum Gasteiger partial charge on any atom is -0.372 e. The number of halogens is 2. The fraction of sp³-hybridized carbons (Fsp3) is 0.214. The van der Waals surface area contributed by atoms with Crippen LogP contribution in [0.1, 0.15) is 23.5 Å². The van der Waals surface area contributed by atoms with Crippen molar-refractivity contribution in [3.05, 3.63) is 107 Å². The van der Waals surface area contributed by atoms with Gasteiger partial charge >= 0.3 is 0 Å². The highest BCUT2D eigenvalue weighted by molar-refractivity contribution is 6.30. The van der Waals surface area contributed by atoms with Crippen LogP contribution in [0.15, 0.2) is 91.0 Å². The fourth-order valence-corrected chi connectivity index (χ4v) is 4.73. The summed E-state index contributed by atoms with van der Waals surface area (Å²) in [5.41, 5.74) is 4.90. The summed E-state index contributed by atoms with van der Waals surface area (Å²) in [5, 5.41) is 6.80. The van der Waals surface area contributed by atoms with Gasteiger partial charge in [0.1, 0.15) is 0 Å². The van der Waals surface area contributed by atoms with Gasteiger partial charge in [-0.15, -0.1) is 12.4 Å². The molecule has 0 amide bonds. The van der Waals surface area contributed by atoms with Crippen LogP contribution in [0.3, 0.4) is 0 Å². The van der Waals surface area contributed by atoms with Gasteiger partial charge in [0.15, 0.2) is 0 Å². The molecule has 0 spiro atoms. The van der Waals surface area contributed by atoms with Crippen molar-refractivity contribution in [3.8, 4) is 11.1 Å². The maximum atomic E-state index is 6.47. The number of ether oxygens (including phenoxy) is 1. The lowest BCUT2D eigenvalue weighted by Gasteiger charge is -2.33. The van der Waals surface area contributed by atoms with Crippen LogP contribution in [-0.4, -0.2) is 19.2 Å². The summed E-state index contributed by atoms with van der Waals surface area (Å²) in [4.78, 5) is 0. The topological polar surface area (TPSA) is 21.3 Å². The largest absolute Gasteiger partial charge is 0.372 e. The second-order valence-corrected chi connectivity index (χ2v) is 8.70. The first-order chi connectivity index (χ1) is 15.3. The molecule has 2 unspecified atom stereocenters. The molecule has 2 nitrogen and oxygen atoms in total. The highest BCUT2D eigenvalue weighted by Crippen LogP contribution is 2.32. The summed E-state index contributed by atoms with van der Waals surface area (Å²) in [7, 11) is 0. The van der Waals surface area contributed by atoms with Crippen LogP contribution in [0.25, 0.3) is 21.9 Å². The monoisotopic (exact) mass is 463 g/mol. The van der Waals surface area contributed by atoms with Crippen molar-refractivity contribution in [1.82, 2.24) is 5.32 Å². The van der Waals surface area contributed by atoms with Gasteiger partial charge in [0.25, 0.3) is 0 Å². The van der Waals surface area contributed by atoms with Crippen molar-refractivity contribution in [3.63, 3.8) is 0 Å². The Morgan fingerprint density at radius 1 is 0.812 bits per heavy atom. The average Bonchev–Trinajstić information content (AvgIpc) is 2.83. The van der Waals surface area contributed by atoms with E-state index in [1.165, 1.54) is 27.5 Å². The first kappa shape index (κ1) is 22.8. The third kappa shape index (κ3) is 5.16. The predicted molar refractivity (Wildman–Crippen MR) is 137 cm³/mol. The molecular formula is C28H27Cl2NO. The van der Waals surface area contributed by atoms with Crippen LogP contribution in [0.5, 0.6) is 0 Å². The summed E-state index contributed by atoms with van der Waals surface area (Å²) in [6.07, 6.45) is 1.22. The van der Waals surface area contributed by atoms with E-state index in [9.17, 15) is 0 Å². The molecule has 0 radical (unpaired) electrons. The van der Waals surface area contributed by atoms with Crippen molar-refractivity contribution in [1.29, 1.82) is 0 Å². The molecule has 0 bridgehead atoms. The van der Waals surface area contributed by atoms with Crippen molar-refractivity contribution >= 4 is 34.8 Å². The van der Waals surface area contributed by atoms with Gasteiger partial charge in [-0.25, -0.2) is 0 Å². The van der Waals surface area contributed by atoms with Crippen LogP contribution in [0.4, 0.5) is 0 Å². The molecule has 1 heterocycles. The Kier molecular flexibility index (Phi) is 7.49. The van der Waals surface area contributed by atoms with E-state index in [-0.39, 0.29) is 18.5 Å². The molecule has 2 atom stereocenters. The number of rotatable bonds is 5. The molecule has 1 saturated heterocycles. The smallest absolute Gasteiger partial charge is 0.0772 e. The van der Waals surface area contributed by atoms with Crippen LogP contribution >= 0.6 is 24.0 Å². The first-order valence-electron chi connectivity index (χ1n) is 10.9. The number of piperidine rings is 1. The van der Waals surface area contributed by atoms with Crippen LogP contribution in [0, 0.1) is 0 Å². The molecule has 0 saturated carbocycles. The molecule has 4 aromatic carbocycles. The Hall–Kier alpha value is -2.36. The van der Waals surface area contributed by atoms with Gasteiger partial charge in [-0.3, -0.25) is 0 Å². The van der Waals surface area contributed by atoms with Gasteiger partial charge in [-0.1, -0.05) is 84.4 Å². The minimum absolute atomic E-state index is 0. The van der Waals surface area contributed by atoms with E-state index in [1.54, 1.807) is 0 Å². The Balaban J connectivity index is 0.00000245. The molecule has 1 aliphatic rings. The van der Waals surface area contributed by atoms with E-state index in [2.05, 4.69) is 78.1 Å². The van der Waals surface area contributed by atoms with Crippen LogP contribution in [-0.2, 0) is 11.3 Å². The summed E-state index contributed by atoms with van der Waals surface area (Å²) in [6.45, 7) is 2.52. The van der Waals surface area contributed by atoms with Crippen molar-refractivity contribution in [2.75, 3.05) is 13.1 Å². The molecule has 0 aromatic heterocycles. The third-order valence-electron chi connectivity index (χ3n) is 6.18. The molecular weight excluding hydrogens is 437 g/mol. The van der Waals surface area contributed by atoms with Crippen molar-refractivity contribution < 1.29 is 4.74 Å². The number of hydrogen-bond acceptors (Lipinski definition) is 2. The zero-order chi connectivity index (χ0) is 21.0. The van der Waals surface area contributed by atoms with Gasteiger partial charge in [0.2, 0.25) is 0 Å². The number of hydrogen-bond donors (Lipinski definition) is 1. The van der Waals surface area contributed by atoms with E-state index in [0.717, 1.165) is 30.1 Å². The first-order valence-corrected chi connectivity index (χ1v) is 11.3. The second kappa shape index (κ2) is 10.5. The Bertz CT molecular complexity index is 1190. The highest BCUT2D eigenvalue weighted by Gasteiger charge is 2.27. The van der Waals surface area contributed by atoms with E-state index >= 15 is 0 Å². The average molecular weight is 464 g/mol. The lowest BCUT2D eigenvalue weighted by molar-refractivity contribution is 0.0107. The maximum Gasteiger partial charge on any atom is 0.0772 e. The fourth-order valence-electron chi connectivity index (χ4n) is 4.54. The molecule has 4 aromatic rings. The third-order valence-corrected chi connectivity index (χ3v) is 6.41. The normalized spacial score (nSPS) is 18.3. The molecule has 1 fully saturated rings. The lowest BCUT2D eigenvalue weighted by atomic mass is 9.86. The quantitative estimate of drug-likeness (QED) is 0.336. The summed E-state index contributed by atoms with van der Waals surface area (Å²) < 4.78 is 6.47. The number of fused-ring (bicyclic) bond motifs is 1. The zero-order valence-electron chi connectivity index (χ0n) is 17.8. The second-order valence-electron chi connectivity index (χ2n) is 8.27. The summed E-state index contributed by atoms with van der Waals surface area (Å²) in [5.74, 6) is 0.376. The van der Waals surface area contributed by atoms with Gasteiger partial charge in [-0.2, -0.15) is 0 Å². The van der Waals surface area contributed by atoms with Crippen molar-refractivity contribution in [2.24, 2.45) is 0 Å². The Morgan fingerprint density at radius 2 is 1.59 bits per heavy atom. The summed E-state index contributed by atoms with van der Waals surface area (Å²) >= 11 is 6.21. The Labute approximate surface area is 201 Å². The van der Waals surface area contributed by atoms with Crippen LogP contribution < -0.4 is 5.32 Å². The standard InChI is InChI=1S/C28H26ClNO.ClH/c29-26-10-4-8-24(17-26)23-7-3-9-25(16-23)27-13-14-30-18-28(27)31-19-20-11-12-21-5-1-2-6-22(21)15-20;/h1-12,15-17,27-28,30H,13-14,18-19H2;1H. The van der Waals surface area contributed by atoms with Crippen molar-refractivity contribution in [2.45, 2.75) is 25.0 Å². The van der Waals surface area contributed by atoms with Gasteiger partial charge in [0.05, 0.1) is 12.7 Å². The lowest BCUT2D eigenvalue weighted by Crippen LogP contribution is -2.41. The van der Waals surface area contributed by atoms with Gasteiger partial charge < -0.3 is 10.1 Å². The van der Waals surface area contributed by atoms with E-state index < -0.39 is 0 Å². The predicted octanol–water partition coefficient (Wildman–Crippen LogP) is 7.24. The molecule has 164 valence electrons. The highest BCUT2D eigenvalue weighted by atomic mass is 35.5. The number of nitrogens with one attached hydrogen (secondary N) is 1. The minimum atomic E-state index is 0.